The molecule has 1 saturated heterocycles. The van der Waals surface area contributed by atoms with E-state index in [1.165, 1.54) is 41.7 Å². The number of hydrogen-bond donors (Lipinski definition) is 1. The maximum Gasteiger partial charge on any atom is 0.264 e. The number of sulfonamides is 2. The molecule has 1 aliphatic rings. The summed E-state index contributed by atoms with van der Waals surface area (Å²) in [6.07, 6.45) is 0. The Kier molecular flexibility index (Phi) is 9.30. The van der Waals surface area contributed by atoms with Gasteiger partial charge in [0.2, 0.25) is 15.9 Å². The first-order chi connectivity index (χ1) is 19.2. The van der Waals surface area contributed by atoms with Crippen molar-refractivity contribution in [1.29, 1.82) is 0 Å². The molecule has 1 aliphatic heterocycles. The van der Waals surface area contributed by atoms with E-state index in [9.17, 15) is 21.6 Å². The van der Waals surface area contributed by atoms with Crippen LogP contribution in [0.2, 0.25) is 0 Å². The zero-order chi connectivity index (χ0) is 28.8. The Labute approximate surface area is 234 Å². The van der Waals surface area contributed by atoms with Crippen LogP contribution >= 0.6 is 0 Å². The molecule has 1 amide bonds. The van der Waals surface area contributed by atoms with Crippen molar-refractivity contribution in [2.24, 2.45) is 0 Å². The van der Waals surface area contributed by atoms with Crippen molar-refractivity contribution in [3.8, 4) is 11.5 Å². The van der Waals surface area contributed by atoms with E-state index in [2.05, 4.69) is 5.32 Å². The van der Waals surface area contributed by atoms with Crippen molar-refractivity contribution in [1.82, 2.24) is 4.31 Å². The summed E-state index contributed by atoms with van der Waals surface area (Å²) in [5, 5.41) is 2.63. The van der Waals surface area contributed by atoms with Crippen molar-refractivity contribution < 1.29 is 35.8 Å². The molecular weight excluding hydrogens is 558 g/mol. The molecule has 11 nitrogen and oxygen atoms in total. The number of methoxy groups -OCH3 is 1. The number of para-hydroxylation sites is 2. The lowest BCUT2D eigenvalue weighted by Gasteiger charge is -2.27. The van der Waals surface area contributed by atoms with E-state index in [1.54, 1.807) is 49.4 Å². The predicted molar refractivity (Wildman–Crippen MR) is 150 cm³/mol. The average molecular weight is 590 g/mol. The zero-order valence-electron chi connectivity index (χ0n) is 22.1. The lowest BCUT2D eigenvalue weighted by molar-refractivity contribution is -0.114. The highest BCUT2D eigenvalue weighted by molar-refractivity contribution is 7.93. The van der Waals surface area contributed by atoms with E-state index < -0.39 is 32.5 Å². The van der Waals surface area contributed by atoms with E-state index >= 15 is 0 Å². The van der Waals surface area contributed by atoms with Crippen molar-refractivity contribution in [3.63, 3.8) is 0 Å². The van der Waals surface area contributed by atoms with Crippen LogP contribution < -0.4 is 19.1 Å². The van der Waals surface area contributed by atoms with Crippen LogP contribution in [-0.2, 0) is 29.6 Å². The minimum atomic E-state index is -4.18. The van der Waals surface area contributed by atoms with E-state index in [4.69, 9.17) is 14.2 Å². The van der Waals surface area contributed by atoms with Crippen molar-refractivity contribution in [2.75, 3.05) is 56.2 Å². The van der Waals surface area contributed by atoms with E-state index in [-0.39, 0.29) is 59.8 Å². The summed E-state index contributed by atoms with van der Waals surface area (Å²) in [6.45, 7) is 2.38. The minimum Gasteiger partial charge on any atom is -0.495 e. The van der Waals surface area contributed by atoms with Gasteiger partial charge in [-0.3, -0.25) is 9.10 Å². The van der Waals surface area contributed by atoms with Crippen LogP contribution in [0.15, 0.2) is 82.6 Å². The third-order valence-corrected chi connectivity index (χ3v) is 9.78. The number of amides is 1. The fourth-order valence-corrected chi connectivity index (χ4v) is 7.22. The number of rotatable bonds is 11. The van der Waals surface area contributed by atoms with Crippen LogP contribution in [0.4, 0.5) is 11.4 Å². The number of benzene rings is 3. The quantitative estimate of drug-likeness (QED) is 0.361. The molecule has 40 heavy (non-hydrogen) atoms. The molecule has 3 aromatic carbocycles. The van der Waals surface area contributed by atoms with Gasteiger partial charge in [0.05, 0.1) is 37.5 Å². The third-order valence-electron chi connectivity index (χ3n) is 6.09. The Hall–Kier alpha value is -3.65. The van der Waals surface area contributed by atoms with E-state index in [0.717, 1.165) is 4.31 Å². The topological polar surface area (TPSA) is 132 Å². The molecular formula is C27H31N3O8S2. The van der Waals surface area contributed by atoms with Crippen molar-refractivity contribution >= 4 is 37.3 Å². The van der Waals surface area contributed by atoms with Gasteiger partial charge in [-0.25, -0.2) is 16.8 Å². The molecule has 0 spiro atoms. The zero-order valence-corrected chi connectivity index (χ0v) is 23.8. The minimum absolute atomic E-state index is 0.00237. The fourth-order valence-electron chi connectivity index (χ4n) is 4.17. The van der Waals surface area contributed by atoms with Gasteiger partial charge >= 0.3 is 0 Å². The number of nitrogens with one attached hydrogen (secondary N) is 1. The Morgan fingerprint density at radius 3 is 2.30 bits per heavy atom. The number of carbonyl (C=O) groups excluding carboxylic acids is 1. The first-order valence-electron chi connectivity index (χ1n) is 12.5. The normalized spacial score (nSPS) is 14.3. The van der Waals surface area contributed by atoms with Gasteiger partial charge in [-0.05, 0) is 49.4 Å². The number of carbonyl (C=O) groups is 1. The first kappa shape index (κ1) is 29.3. The number of nitrogens with zero attached hydrogens (tertiary/aromatic N) is 2. The molecule has 0 aliphatic carbocycles. The van der Waals surface area contributed by atoms with Gasteiger partial charge in [0.15, 0.2) is 0 Å². The molecule has 0 unspecified atom stereocenters. The number of hydrogen-bond acceptors (Lipinski definition) is 8. The van der Waals surface area contributed by atoms with Gasteiger partial charge in [0.25, 0.3) is 10.0 Å². The Balaban J connectivity index is 1.66. The van der Waals surface area contributed by atoms with Crippen LogP contribution in [-0.4, -0.2) is 73.6 Å². The Morgan fingerprint density at radius 1 is 0.950 bits per heavy atom. The number of morpholine rings is 1. The summed E-state index contributed by atoms with van der Waals surface area (Å²) in [5.41, 5.74) is 0.349. The molecule has 1 N–H and O–H groups in total. The average Bonchev–Trinajstić information content (AvgIpc) is 2.97. The summed E-state index contributed by atoms with van der Waals surface area (Å²) in [7, 11) is -6.77. The molecule has 0 bridgehead atoms. The van der Waals surface area contributed by atoms with Gasteiger partial charge in [0, 0.05) is 18.8 Å². The maximum atomic E-state index is 13.7. The molecule has 214 valence electrons. The van der Waals surface area contributed by atoms with Crippen LogP contribution in [0, 0.1) is 0 Å². The molecule has 1 fully saturated rings. The van der Waals surface area contributed by atoms with E-state index in [0.29, 0.717) is 5.75 Å². The second kappa shape index (κ2) is 12.7. The summed E-state index contributed by atoms with van der Waals surface area (Å²) in [4.78, 5) is 13.2. The van der Waals surface area contributed by atoms with Gasteiger partial charge < -0.3 is 19.5 Å². The second-order valence-electron chi connectivity index (χ2n) is 8.66. The molecule has 3 aromatic rings. The highest BCUT2D eigenvalue weighted by Crippen LogP contribution is 2.33. The lowest BCUT2D eigenvalue weighted by atomic mass is 10.3. The molecule has 0 atom stereocenters. The van der Waals surface area contributed by atoms with Crippen LogP contribution in [0.5, 0.6) is 11.5 Å². The van der Waals surface area contributed by atoms with Gasteiger partial charge in [0.1, 0.15) is 22.9 Å². The molecule has 13 heteroatoms. The standard InChI is InChI=1S/C27H31N3O8S2/c1-3-38-24-12-8-7-11-23(24)30(39(32,33)22-9-5-4-6-10-22)20-27(31)28-21-13-14-25(36-2)26(19-21)40(34,35)29-15-17-37-18-16-29/h4-14,19H,3,15-18,20H2,1-2H3,(H,28,31). The summed E-state index contributed by atoms with van der Waals surface area (Å²) >= 11 is 0. The second-order valence-corrected chi connectivity index (χ2v) is 12.4. The SMILES string of the molecule is CCOc1ccccc1N(CC(=O)Nc1ccc(OC)c(S(=O)(=O)N2CCOCC2)c1)S(=O)(=O)c1ccccc1. The van der Waals surface area contributed by atoms with Gasteiger partial charge in [-0.1, -0.05) is 30.3 Å². The fraction of sp³-hybridized carbons (Fsp3) is 0.296. The summed E-state index contributed by atoms with van der Waals surface area (Å²) in [5.74, 6) is -0.283. The third kappa shape index (κ3) is 6.39. The smallest absolute Gasteiger partial charge is 0.264 e. The number of anilines is 2. The van der Waals surface area contributed by atoms with Crippen LogP contribution in [0.3, 0.4) is 0 Å². The summed E-state index contributed by atoms with van der Waals surface area (Å²) < 4.78 is 72.5. The maximum absolute atomic E-state index is 13.7. The Bertz CT molecular complexity index is 1540. The first-order valence-corrected chi connectivity index (χ1v) is 15.4. The van der Waals surface area contributed by atoms with Crippen molar-refractivity contribution in [2.45, 2.75) is 16.7 Å². The Morgan fingerprint density at radius 2 is 1.62 bits per heavy atom. The largest absolute Gasteiger partial charge is 0.495 e. The molecule has 0 aromatic heterocycles. The highest BCUT2D eigenvalue weighted by Gasteiger charge is 2.31. The molecule has 0 saturated carbocycles. The van der Waals surface area contributed by atoms with E-state index in [1.807, 2.05) is 0 Å². The molecule has 4 rings (SSSR count). The monoisotopic (exact) mass is 589 g/mol. The lowest BCUT2D eigenvalue weighted by Crippen LogP contribution is -2.40. The number of ether oxygens (including phenoxy) is 3. The highest BCUT2D eigenvalue weighted by atomic mass is 32.2. The van der Waals surface area contributed by atoms with Crippen LogP contribution in [0.25, 0.3) is 0 Å². The van der Waals surface area contributed by atoms with Gasteiger partial charge in [-0.2, -0.15) is 4.31 Å². The van der Waals surface area contributed by atoms with Gasteiger partial charge in [-0.15, -0.1) is 0 Å². The predicted octanol–water partition coefficient (Wildman–Crippen LogP) is 2.95. The van der Waals surface area contributed by atoms with Crippen LogP contribution in [0.1, 0.15) is 6.92 Å². The summed E-state index contributed by atoms with van der Waals surface area (Å²) in [6, 6.07) is 18.5. The van der Waals surface area contributed by atoms with Crippen molar-refractivity contribution in [3.05, 3.63) is 72.8 Å². The molecule has 0 radical (unpaired) electrons. The molecule has 1 heterocycles.